The van der Waals surface area contributed by atoms with Gasteiger partial charge in [0.25, 0.3) is 0 Å². The van der Waals surface area contributed by atoms with E-state index in [4.69, 9.17) is 17.5 Å². The average molecular weight is 361 g/mol. The Kier molecular flexibility index (Phi) is 314. The Morgan fingerprint density at radius 1 is 0.714 bits per heavy atom. The molecule has 0 saturated heterocycles. The van der Waals surface area contributed by atoms with E-state index >= 15 is 0 Å². The summed E-state index contributed by atoms with van der Waals surface area (Å²) in [5.41, 5.74) is 0. The first-order chi connectivity index (χ1) is 2.00. The van der Waals surface area contributed by atoms with Gasteiger partial charge in [-0.05, 0) is 0 Å². The molecule has 0 rings (SSSR count). The Hall–Kier alpha value is 2.27. The molecule has 0 bridgehead atoms. The number of hydrogen-bond donors (Lipinski definition) is 0. The van der Waals surface area contributed by atoms with E-state index in [2.05, 4.69) is 0 Å². The molecule has 0 heterocycles. The van der Waals surface area contributed by atoms with Crippen LogP contribution in [0.2, 0.25) is 0 Å². The standard InChI is InChI=1S/Co.K.Ni.H2O4S.6H2O/c;;;1-5(2,3)4;;;;;;/h;;;(H2,1,2,3,4);6*1H2/q+2;+1;+2;;;;;;;/p-2. The molecule has 0 aliphatic carbocycles. The van der Waals surface area contributed by atoms with Crippen molar-refractivity contribution in [1.82, 2.24) is 0 Å². The molecule has 0 spiro atoms. The van der Waals surface area contributed by atoms with Crippen molar-refractivity contribution in [2.45, 2.75) is 0 Å². The molecule has 0 amide bonds. The zero-order valence-corrected chi connectivity index (χ0v) is 12.7. The van der Waals surface area contributed by atoms with Crippen LogP contribution in [0.4, 0.5) is 0 Å². The van der Waals surface area contributed by atoms with E-state index in [-0.39, 0.29) is 118 Å². The molecule has 0 saturated carbocycles. The first-order valence-electron chi connectivity index (χ1n) is 0.667. The summed E-state index contributed by atoms with van der Waals surface area (Å²) >= 11 is 0. The monoisotopic (exact) mass is 360 g/mol. The minimum atomic E-state index is -5.17. The Morgan fingerprint density at radius 2 is 0.714 bits per heavy atom. The van der Waals surface area contributed by atoms with E-state index in [9.17, 15) is 0 Å². The topological polar surface area (TPSA) is 269 Å². The van der Waals surface area contributed by atoms with Crippen LogP contribution in [0.25, 0.3) is 0 Å². The van der Waals surface area contributed by atoms with Gasteiger partial charge in [-0.15, -0.1) is 0 Å². The third-order valence-electron chi connectivity index (χ3n) is 0. The maximum atomic E-state index is 8.52. The third-order valence-corrected chi connectivity index (χ3v) is 0. The smallest absolute Gasteiger partial charge is 0.759 e. The molecular weight excluding hydrogens is 349 g/mol. The average Bonchev–Trinajstić information content (AvgIpc) is 0.722. The van der Waals surface area contributed by atoms with Crippen molar-refractivity contribution in [3.05, 3.63) is 0 Å². The van der Waals surface area contributed by atoms with E-state index in [0.29, 0.717) is 0 Å². The van der Waals surface area contributed by atoms with Gasteiger partial charge in [-0.2, -0.15) is 0 Å². The summed E-state index contributed by atoms with van der Waals surface area (Å²) in [5.74, 6) is 0. The molecule has 0 aliphatic rings. The Morgan fingerprint density at radius 3 is 0.714 bits per heavy atom. The van der Waals surface area contributed by atoms with Gasteiger partial charge in [-0.1, -0.05) is 0 Å². The van der Waals surface area contributed by atoms with Crippen molar-refractivity contribution in [1.29, 1.82) is 0 Å². The van der Waals surface area contributed by atoms with Gasteiger partial charge in [-0.25, -0.2) is 0 Å². The quantitative estimate of drug-likeness (QED) is 0.231. The molecule has 0 aliphatic heterocycles. The number of rotatable bonds is 0. The van der Waals surface area contributed by atoms with Crippen LogP contribution < -0.4 is 51.4 Å². The van der Waals surface area contributed by atoms with Gasteiger partial charge >= 0.3 is 84.7 Å². The second-order valence-electron chi connectivity index (χ2n) is 0.408. The molecule has 14 heavy (non-hydrogen) atoms. The molecule has 10 nitrogen and oxygen atoms in total. The summed E-state index contributed by atoms with van der Waals surface area (Å²) in [6.07, 6.45) is 0. The summed E-state index contributed by atoms with van der Waals surface area (Å²) in [5, 5.41) is 0. The molecule has 0 aromatic heterocycles. The van der Waals surface area contributed by atoms with E-state index in [1.54, 1.807) is 0 Å². The summed E-state index contributed by atoms with van der Waals surface area (Å²) in [4.78, 5) is 0. The SMILES string of the molecule is O.O.O.O.O.O.O=S(=O)([O-])[O-].[Co+2].[K+].[Ni+2]. The van der Waals surface area contributed by atoms with E-state index in [1.807, 2.05) is 0 Å². The first kappa shape index (κ1) is 96.5. The molecule has 12 N–H and O–H groups in total. The Balaban J connectivity index is -0.00000000222. The summed E-state index contributed by atoms with van der Waals surface area (Å²) < 4.78 is 34.1. The summed E-state index contributed by atoms with van der Waals surface area (Å²) in [7, 11) is -5.17. The largest absolute Gasteiger partial charge is 2.00 e. The predicted octanol–water partition coefficient (Wildman–Crippen LogP) is -9.29. The molecule has 0 aromatic carbocycles. The second-order valence-corrected chi connectivity index (χ2v) is 1.22. The zero-order valence-electron chi connectivity index (χ0n) is 6.69. The normalized spacial score (nSPS) is 4.14. The van der Waals surface area contributed by atoms with Crippen LogP contribution in [0.15, 0.2) is 0 Å². The summed E-state index contributed by atoms with van der Waals surface area (Å²) in [6.45, 7) is 0. The maximum absolute atomic E-state index is 8.52. The minimum Gasteiger partial charge on any atom is -0.759 e. The van der Waals surface area contributed by atoms with Gasteiger partial charge in [0.2, 0.25) is 0 Å². The van der Waals surface area contributed by atoms with Crippen molar-refractivity contribution in [3.63, 3.8) is 0 Å². The van der Waals surface area contributed by atoms with Gasteiger partial charge in [0.1, 0.15) is 0 Å². The van der Waals surface area contributed by atoms with Crippen molar-refractivity contribution in [2.75, 3.05) is 0 Å². The maximum Gasteiger partial charge on any atom is 2.00 e. The van der Waals surface area contributed by atoms with Gasteiger partial charge in [-0.3, -0.25) is 8.42 Å². The Labute approximate surface area is 143 Å². The van der Waals surface area contributed by atoms with Crippen LogP contribution in [-0.2, 0) is 43.7 Å². The van der Waals surface area contributed by atoms with Crippen molar-refractivity contribution in [2.24, 2.45) is 0 Å². The van der Waals surface area contributed by atoms with Crippen molar-refractivity contribution >= 4 is 10.4 Å². The second kappa shape index (κ2) is 45.5. The predicted molar refractivity (Wildman–Crippen MR) is 32.2 cm³/mol. The van der Waals surface area contributed by atoms with Crippen LogP contribution in [0.1, 0.15) is 0 Å². The molecular formula is H12CoKNiO10S+3. The third kappa shape index (κ3) is 489. The molecule has 0 unspecified atom stereocenters. The van der Waals surface area contributed by atoms with E-state index < -0.39 is 10.4 Å². The first-order valence-corrected chi connectivity index (χ1v) is 2.00. The van der Waals surface area contributed by atoms with Gasteiger partial charge in [0.15, 0.2) is 0 Å². The van der Waals surface area contributed by atoms with Crippen molar-refractivity contribution in [3.8, 4) is 0 Å². The van der Waals surface area contributed by atoms with Crippen LogP contribution in [0.3, 0.4) is 0 Å². The van der Waals surface area contributed by atoms with Gasteiger partial charge < -0.3 is 42.0 Å². The Bertz CT molecular complexity index is 103. The zero-order chi connectivity index (χ0) is 4.50. The van der Waals surface area contributed by atoms with Gasteiger partial charge in [0, 0.05) is 10.4 Å². The summed E-state index contributed by atoms with van der Waals surface area (Å²) in [6, 6.07) is 0. The molecule has 1 radical (unpaired) electrons. The molecule has 0 atom stereocenters. The van der Waals surface area contributed by atoms with Crippen LogP contribution in [-0.4, -0.2) is 50.4 Å². The van der Waals surface area contributed by atoms with Crippen LogP contribution >= 0.6 is 0 Å². The van der Waals surface area contributed by atoms with Crippen LogP contribution in [0.5, 0.6) is 0 Å². The fourth-order valence-electron chi connectivity index (χ4n) is 0. The van der Waals surface area contributed by atoms with Crippen LogP contribution in [0, 0.1) is 0 Å². The fourth-order valence-corrected chi connectivity index (χ4v) is 0. The van der Waals surface area contributed by atoms with E-state index in [0.717, 1.165) is 0 Å². The molecule has 14 heteroatoms. The molecule has 95 valence electrons. The van der Waals surface area contributed by atoms with E-state index in [1.165, 1.54) is 0 Å². The molecule has 0 aromatic rings. The minimum absolute atomic E-state index is 0. The fraction of sp³-hybridized carbons (Fsp3) is 0. The van der Waals surface area contributed by atoms with Crippen molar-refractivity contribution < 1.29 is 135 Å². The number of hydrogen-bond acceptors (Lipinski definition) is 4. The van der Waals surface area contributed by atoms with Gasteiger partial charge in [0.05, 0.1) is 0 Å². The molecule has 0 fully saturated rings.